The van der Waals surface area contributed by atoms with Crippen LogP contribution in [0.15, 0.2) is 60.2 Å². The van der Waals surface area contributed by atoms with Gasteiger partial charge < -0.3 is 10.6 Å². The first-order chi connectivity index (χ1) is 15.7. The van der Waals surface area contributed by atoms with Gasteiger partial charge in [-0.2, -0.15) is 0 Å². The highest BCUT2D eigenvalue weighted by molar-refractivity contribution is 5.94. The van der Waals surface area contributed by atoms with E-state index in [9.17, 15) is 18.4 Å². The van der Waals surface area contributed by atoms with Gasteiger partial charge in [0.2, 0.25) is 12.3 Å². The Morgan fingerprint density at radius 1 is 1.18 bits per heavy atom. The molecule has 0 bridgehead atoms. The van der Waals surface area contributed by atoms with Gasteiger partial charge in [0, 0.05) is 29.6 Å². The lowest BCUT2D eigenvalue weighted by Crippen LogP contribution is -2.43. The number of halogens is 2. The van der Waals surface area contributed by atoms with Gasteiger partial charge in [0.15, 0.2) is 0 Å². The highest BCUT2D eigenvalue weighted by Crippen LogP contribution is 2.35. The van der Waals surface area contributed by atoms with Crippen molar-refractivity contribution in [3.8, 4) is 0 Å². The third-order valence-corrected chi connectivity index (χ3v) is 6.58. The number of carbonyl (C=O) groups excluding carboxylic acids is 2. The number of benzene rings is 1. The van der Waals surface area contributed by atoms with Gasteiger partial charge >= 0.3 is 0 Å². The lowest BCUT2D eigenvalue weighted by atomic mass is 9.79. The number of alkyl halides is 2. The molecule has 1 saturated carbocycles. The monoisotopic (exact) mass is 458 g/mol. The van der Waals surface area contributed by atoms with Crippen LogP contribution in [-0.2, 0) is 4.79 Å². The number of hydrogen-bond acceptors (Lipinski definition) is 2. The third-order valence-electron chi connectivity index (χ3n) is 6.58. The van der Waals surface area contributed by atoms with Gasteiger partial charge in [-0.1, -0.05) is 50.8 Å². The standard InChI is InChI=1S/C27H36F2N2O2/c1-5-7-8-24(19(4)26(30)32)21-13-15-23(16-14-21)31(17-6-2)27(33)22-11-9-20(10-12-22)18(3)25(28)29/h5,7-12,18,21,23,25H,1,6,13-17H2,2-4H3,(H2,30,32)/b8-7-,24-19-. The maximum absolute atomic E-state index is 13.3. The molecule has 0 heterocycles. The highest BCUT2D eigenvalue weighted by Gasteiger charge is 2.31. The smallest absolute Gasteiger partial charge is 0.254 e. The number of allylic oxidation sites excluding steroid dienone is 4. The summed E-state index contributed by atoms with van der Waals surface area (Å²) in [6.07, 6.45) is 7.16. The van der Waals surface area contributed by atoms with E-state index in [1.54, 1.807) is 37.3 Å². The van der Waals surface area contributed by atoms with Gasteiger partial charge in [-0.05, 0) is 68.2 Å². The predicted molar refractivity (Wildman–Crippen MR) is 129 cm³/mol. The molecule has 6 heteroatoms. The molecule has 1 aliphatic rings. The average molecular weight is 459 g/mol. The summed E-state index contributed by atoms with van der Waals surface area (Å²) in [4.78, 5) is 27.0. The number of carbonyl (C=O) groups is 2. The van der Waals surface area contributed by atoms with Crippen LogP contribution in [0.5, 0.6) is 0 Å². The number of nitrogens with zero attached hydrogens (tertiary/aromatic N) is 1. The van der Waals surface area contributed by atoms with Crippen LogP contribution < -0.4 is 5.73 Å². The Labute approximate surface area is 196 Å². The summed E-state index contributed by atoms with van der Waals surface area (Å²) in [5.41, 5.74) is 8.09. The van der Waals surface area contributed by atoms with Crippen molar-refractivity contribution in [1.29, 1.82) is 0 Å². The molecule has 2 N–H and O–H groups in total. The quantitative estimate of drug-likeness (QED) is 0.345. The number of amides is 2. The summed E-state index contributed by atoms with van der Waals surface area (Å²) < 4.78 is 26.0. The molecule has 1 aromatic rings. The van der Waals surface area contributed by atoms with Crippen LogP contribution in [0.1, 0.15) is 74.7 Å². The van der Waals surface area contributed by atoms with Crippen molar-refractivity contribution in [1.82, 2.24) is 4.90 Å². The minimum Gasteiger partial charge on any atom is -0.366 e. The van der Waals surface area contributed by atoms with Gasteiger partial charge in [0.1, 0.15) is 0 Å². The Morgan fingerprint density at radius 2 is 1.79 bits per heavy atom. The van der Waals surface area contributed by atoms with Gasteiger partial charge in [-0.3, -0.25) is 9.59 Å². The van der Waals surface area contributed by atoms with Crippen molar-refractivity contribution >= 4 is 11.8 Å². The minimum absolute atomic E-state index is 0.0628. The molecule has 180 valence electrons. The Bertz CT molecular complexity index is 882. The van der Waals surface area contributed by atoms with E-state index in [1.807, 2.05) is 24.0 Å². The van der Waals surface area contributed by atoms with E-state index in [0.29, 0.717) is 23.2 Å². The second-order valence-electron chi connectivity index (χ2n) is 8.79. The number of rotatable bonds is 10. The molecule has 0 aromatic heterocycles. The normalized spacial score (nSPS) is 20.4. The molecule has 0 radical (unpaired) electrons. The second kappa shape index (κ2) is 12.5. The van der Waals surface area contributed by atoms with Crippen molar-refractivity contribution < 1.29 is 18.4 Å². The second-order valence-corrected chi connectivity index (χ2v) is 8.79. The maximum Gasteiger partial charge on any atom is 0.254 e. The zero-order chi connectivity index (χ0) is 24.5. The summed E-state index contributed by atoms with van der Waals surface area (Å²) in [5, 5.41) is 0. The molecule has 1 atom stereocenters. The van der Waals surface area contributed by atoms with E-state index in [-0.39, 0.29) is 17.9 Å². The Hall–Kier alpha value is -2.76. The van der Waals surface area contributed by atoms with Crippen LogP contribution in [-0.4, -0.2) is 35.7 Å². The third kappa shape index (κ3) is 6.86. The summed E-state index contributed by atoms with van der Waals surface area (Å²) in [6.45, 7) is 9.62. The summed E-state index contributed by atoms with van der Waals surface area (Å²) in [5.74, 6) is -1.14. The molecule has 1 fully saturated rings. The first-order valence-corrected chi connectivity index (χ1v) is 11.7. The van der Waals surface area contributed by atoms with Gasteiger partial charge in [-0.25, -0.2) is 8.78 Å². The average Bonchev–Trinajstić information content (AvgIpc) is 2.82. The van der Waals surface area contributed by atoms with E-state index in [0.717, 1.165) is 37.7 Å². The Morgan fingerprint density at radius 3 is 2.27 bits per heavy atom. The van der Waals surface area contributed by atoms with E-state index in [2.05, 4.69) is 6.58 Å². The number of primary amides is 1. The Balaban J connectivity index is 2.15. The fourth-order valence-corrected chi connectivity index (χ4v) is 4.51. The minimum atomic E-state index is -2.43. The maximum atomic E-state index is 13.3. The molecular formula is C27H36F2N2O2. The van der Waals surface area contributed by atoms with Crippen LogP contribution in [0.2, 0.25) is 0 Å². The highest BCUT2D eigenvalue weighted by atomic mass is 19.3. The first kappa shape index (κ1) is 26.5. The van der Waals surface area contributed by atoms with Crippen LogP contribution in [0.3, 0.4) is 0 Å². The van der Waals surface area contributed by atoms with Crippen molar-refractivity contribution in [2.75, 3.05) is 6.54 Å². The lowest BCUT2D eigenvalue weighted by Gasteiger charge is -2.37. The van der Waals surface area contributed by atoms with E-state index in [4.69, 9.17) is 5.73 Å². The number of nitrogens with two attached hydrogens (primary N) is 1. The number of hydrogen-bond donors (Lipinski definition) is 1. The largest absolute Gasteiger partial charge is 0.366 e. The molecule has 33 heavy (non-hydrogen) atoms. The van der Waals surface area contributed by atoms with E-state index >= 15 is 0 Å². The first-order valence-electron chi connectivity index (χ1n) is 11.7. The van der Waals surface area contributed by atoms with Crippen LogP contribution in [0.4, 0.5) is 8.78 Å². The van der Waals surface area contributed by atoms with Crippen molar-refractivity contribution in [2.45, 2.75) is 71.3 Å². The SMILES string of the molecule is C=C/C=C\C(=C(/C)C(N)=O)C1CCC(N(CCC)C(=O)c2ccc(C(C)C(F)F)cc2)CC1. The molecule has 2 rings (SSSR count). The van der Waals surface area contributed by atoms with Crippen LogP contribution >= 0.6 is 0 Å². The van der Waals surface area contributed by atoms with Gasteiger partial charge in [0.25, 0.3) is 5.91 Å². The molecule has 0 saturated heterocycles. The van der Waals surface area contributed by atoms with Crippen molar-refractivity contribution in [2.24, 2.45) is 11.7 Å². The zero-order valence-corrected chi connectivity index (χ0v) is 19.9. The molecule has 1 aromatic carbocycles. The lowest BCUT2D eigenvalue weighted by molar-refractivity contribution is -0.114. The molecular weight excluding hydrogens is 422 g/mol. The summed E-state index contributed by atoms with van der Waals surface area (Å²) in [6, 6.07) is 6.66. The van der Waals surface area contributed by atoms with Crippen LogP contribution in [0.25, 0.3) is 0 Å². The van der Waals surface area contributed by atoms with E-state index in [1.165, 1.54) is 6.92 Å². The molecule has 1 unspecified atom stereocenters. The van der Waals surface area contributed by atoms with Gasteiger partial charge in [-0.15, -0.1) is 0 Å². The molecule has 2 amide bonds. The topological polar surface area (TPSA) is 63.4 Å². The van der Waals surface area contributed by atoms with Crippen molar-refractivity contribution in [3.05, 3.63) is 71.3 Å². The predicted octanol–water partition coefficient (Wildman–Crippen LogP) is 6.01. The molecule has 0 spiro atoms. The molecule has 4 nitrogen and oxygen atoms in total. The zero-order valence-electron chi connectivity index (χ0n) is 19.9. The Kier molecular flexibility index (Phi) is 10.0. The van der Waals surface area contributed by atoms with Crippen LogP contribution in [0, 0.1) is 5.92 Å². The van der Waals surface area contributed by atoms with Crippen molar-refractivity contribution in [3.63, 3.8) is 0 Å². The molecule has 0 aliphatic heterocycles. The molecule has 1 aliphatic carbocycles. The fourth-order valence-electron chi connectivity index (χ4n) is 4.51. The van der Waals surface area contributed by atoms with Gasteiger partial charge in [0.05, 0.1) is 0 Å². The summed E-state index contributed by atoms with van der Waals surface area (Å²) >= 11 is 0. The fraction of sp³-hybridized carbons (Fsp3) is 0.481. The van der Waals surface area contributed by atoms with E-state index < -0.39 is 18.3 Å². The summed E-state index contributed by atoms with van der Waals surface area (Å²) in [7, 11) is 0.